The molecule has 1 aromatic rings. The Labute approximate surface area is 92.3 Å². The number of hydrogen-bond acceptors (Lipinski definition) is 3. The van der Waals surface area contributed by atoms with Crippen molar-refractivity contribution in [2.24, 2.45) is 5.92 Å². The van der Waals surface area contributed by atoms with Crippen molar-refractivity contribution >= 4 is 5.82 Å². The molecule has 3 nitrogen and oxygen atoms in total. The van der Waals surface area contributed by atoms with Crippen LogP contribution in [0, 0.1) is 12.8 Å². The lowest BCUT2D eigenvalue weighted by molar-refractivity contribution is 0.619. The molecule has 0 saturated heterocycles. The first-order valence-corrected chi connectivity index (χ1v) is 5.70. The average molecular weight is 207 g/mol. The fraction of sp³-hybridized carbons (Fsp3) is 0.667. The van der Waals surface area contributed by atoms with E-state index in [9.17, 15) is 0 Å². The molecule has 0 atom stereocenters. The summed E-state index contributed by atoms with van der Waals surface area (Å²) >= 11 is 0. The summed E-state index contributed by atoms with van der Waals surface area (Å²) in [6, 6.07) is 2.00. The zero-order valence-electron chi connectivity index (χ0n) is 10.2. The van der Waals surface area contributed by atoms with Crippen LogP contribution in [0.15, 0.2) is 6.07 Å². The zero-order chi connectivity index (χ0) is 11.3. The van der Waals surface area contributed by atoms with Crippen LogP contribution in [-0.2, 0) is 6.42 Å². The van der Waals surface area contributed by atoms with Crippen molar-refractivity contribution in [2.45, 2.75) is 40.5 Å². The van der Waals surface area contributed by atoms with E-state index in [4.69, 9.17) is 0 Å². The predicted molar refractivity (Wildman–Crippen MR) is 64.1 cm³/mol. The van der Waals surface area contributed by atoms with Gasteiger partial charge in [-0.2, -0.15) is 0 Å². The smallest absolute Gasteiger partial charge is 0.131 e. The molecule has 0 radical (unpaired) electrons. The molecular weight excluding hydrogens is 186 g/mol. The van der Waals surface area contributed by atoms with Crippen LogP contribution in [0.2, 0.25) is 0 Å². The van der Waals surface area contributed by atoms with Crippen LogP contribution in [-0.4, -0.2) is 16.5 Å². The molecule has 0 aliphatic heterocycles. The summed E-state index contributed by atoms with van der Waals surface area (Å²) in [4.78, 5) is 8.92. The van der Waals surface area contributed by atoms with E-state index < -0.39 is 0 Å². The Kier molecular flexibility index (Phi) is 4.53. The summed E-state index contributed by atoms with van der Waals surface area (Å²) in [7, 11) is 0. The Morgan fingerprint density at radius 2 is 2.07 bits per heavy atom. The fourth-order valence-corrected chi connectivity index (χ4v) is 1.43. The quantitative estimate of drug-likeness (QED) is 0.806. The van der Waals surface area contributed by atoms with Crippen LogP contribution in [0.1, 0.15) is 38.7 Å². The van der Waals surface area contributed by atoms with Crippen molar-refractivity contribution in [3.05, 3.63) is 17.6 Å². The maximum atomic E-state index is 4.49. The van der Waals surface area contributed by atoms with E-state index in [0.717, 1.165) is 36.7 Å². The summed E-state index contributed by atoms with van der Waals surface area (Å²) in [6.07, 6.45) is 2.06. The van der Waals surface area contributed by atoms with Crippen LogP contribution in [0.3, 0.4) is 0 Å². The van der Waals surface area contributed by atoms with Gasteiger partial charge in [-0.25, -0.2) is 9.97 Å². The van der Waals surface area contributed by atoms with E-state index in [1.54, 1.807) is 0 Å². The van der Waals surface area contributed by atoms with Gasteiger partial charge in [0.1, 0.15) is 11.6 Å². The number of nitrogens with zero attached hydrogens (tertiary/aromatic N) is 2. The molecule has 0 bridgehead atoms. The number of nitrogens with one attached hydrogen (secondary N) is 1. The first kappa shape index (κ1) is 12.0. The van der Waals surface area contributed by atoms with Gasteiger partial charge in [-0.3, -0.25) is 0 Å². The molecular formula is C12H21N3. The van der Waals surface area contributed by atoms with Crippen molar-refractivity contribution in [2.75, 3.05) is 11.9 Å². The molecule has 3 heteroatoms. The Morgan fingerprint density at radius 1 is 1.33 bits per heavy atom. The van der Waals surface area contributed by atoms with Crippen molar-refractivity contribution in [3.8, 4) is 0 Å². The van der Waals surface area contributed by atoms with E-state index in [1.807, 2.05) is 13.0 Å². The minimum Gasteiger partial charge on any atom is -0.370 e. The number of aryl methyl sites for hydroxylation is 1. The van der Waals surface area contributed by atoms with Crippen LogP contribution >= 0.6 is 0 Å². The van der Waals surface area contributed by atoms with Gasteiger partial charge >= 0.3 is 0 Å². The highest BCUT2D eigenvalue weighted by molar-refractivity contribution is 5.35. The summed E-state index contributed by atoms with van der Waals surface area (Å²) in [5.74, 6) is 2.51. The monoisotopic (exact) mass is 207 g/mol. The van der Waals surface area contributed by atoms with E-state index in [0.29, 0.717) is 5.92 Å². The third kappa shape index (κ3) is 4.28. The van der Waals surface area contributed by atoms with Gasteiger partial charge in [-0.05, 0) is 19.3 Å². The second kappa shape index (κ2) is 5.69. The van der Waals surface area contributed by atoms with Crippen molar-refractivity contribution in [1.82, 2.24) is 9.97 Å². The third-order valence-electron chi connectivity index (χ3n) is 2.05. The highest BCUT2D eigenvalue weighted by Gasteiger charge is 2.03. The van der Waals surface area contributed by atoms with Crippen molar-refractivity contribution in [1.29, 1.82) is 0 Å². The largest absolute Gasteiger partial charge is 0.370 e. The molecule has 1 heterocycles. The second-order valence-corrected chi connectivity index (χ2v) is 4.34. The standard InChI is InChI=1S/C12H21N3/c1-5-6-13-11-8-10(4)14-12(15-11)7-9(2)3/h8-9H,5-7H2,1-4H3,(H,13,14,15). The molecule has 1 rings (SSSR count). The number of hydrogen-bond donors (Lipinski definition) is 1. The van der Waals surface area contributed by atoms with Gasteiger partial charge in [-0.15, -0.1) is 0 Å². The first-order valence-electron chi connectivity index (χ1n) is 5.70. The predicted octanol–water partition coefficient (Wildman–Crippen LogP) is 2.81. The van der Waals surface area contributed by atoms with Crippen LogP contribution in [0.5, 0.6) is 0 Å². The van der Waals surface area contributed by atoms with Crippen LogP contribution in [0.25, 0.3) is 0 Å². The van der Waals surface area contributed by atoms with Gasteiger partial charge in [0.15, 0.2) is 0 Å². The topological polar surface area (TPSA) is 37.8 Å². The minimum atomic E-state index is 0.603. The first-order chi connectivity index (χ1) is 7.11. The lowest BCUT2D eigenvalue weighted by atomic mass is 10.1. The summed E-state index contributed by atoms with van der Waals surface area (Å²) in [6.45, 7) is 9.51. The van der Waals surface area contributed by atoms with Gasteiger partial charge < -0.3 is 5.32 Å². The molecule has 0 aromatic carbocycles. The molecule has 15 heavy (non-hydrogen) atoms. The van der Waals surface area contributed by atoms with Crippen molar-refractivity contribution < 1.29 is 0 Å². The SMILES string of the molecule is CCCNc1cc(C)nc(CC(C)C)n1. The Bertz CT molecular complexity index is 308. The van der Waals surface area contributed by atoms with Gasteiger partial charge in [0.2, 0.25) is 0 Å². The number of rotatable bonds is 5. The molecule has 0 aliphatic rings. The molecule has 0 amide bonds. The average Bonchev–Trinajstić information content (AvgIpc) is 2.12. The Hall–Kier alpha value is -1.12. The maximum absolute atomic E-state index is 4.49. The van der Waals surface area contributed by atoms with Gasteiger partial charge in [0.25, 0.3) is 0 Å². The highest BCUT2D eigenvalue weighted by Crippen LogP contribution is 2.09. The lowest BCUT2D eigenvalue weighted by Crippen LogP contribution is -2.07. The Morgan fingerprint density at radius 3 is 2.67 bits per heavy atom. The minimum absolute atomic E-state index is 0.603. The number of aromatic nitrogens is 2. The van der Waals surface area contributed by atoms with E-state index in [2.05, 4.69) is 36.1 Å². The van der Waals surface area contributed by atoms with E-state index >= 15 is 0 Å². The molecule has 0 fully saturated rings. The molecule has 84 valence electrons. The number of anilines is 1. The molecule has 1 aromatic heterocycles. The molecule has 1 N–H and O–H groups in total. The van der Waals surface area contributed by atoms with E-state index in [1.165, 1.54) is 0 Å². The van der Waals surface area contributed by atoms with Crippen molar-refractivity contribution in [3.63, 3.8) is 0 Å². The molecule has 0 unspecified atom stereocenters. The van der Waals surface area contributed by atoms with Crippen LogP contribution in [0.4, 0.5) is 5.82 Å². The molecule has 0 aliphatic carbocycles. The van der Waals surface area contributed by atoms with Gasteiger partial charge in [-0.1, -0.05) is 20.8 Å². The van der Waals surface area contributed by atoms with Gasteiger partial charge in [0, 0.05) is 24.7 Å². The lowest BCUT2D eigenvalue weighted by Gasteiger charge is -2.08. The Balaban J connectivity index is 2.75. The normalized spacial score (nSPS) is 10.7. The van der Waals surface area contributed by atoms with Crippen LogP contribution < -0.4 is 5.32 Å². The summed E-state index contributed by atoms with van der Waals surface area (Å²) < 4.78 is 0. The van der Waals surface area contributed by atoms with E-state index in [-0.39, 0.29) is 0 Å². The highest BCUT2D eigenvalue weighted by atomic mass is 15.0. The van der Waals surface area contributed by atoms with Gasteiger partial charge in [0.05, 0.1) is 0 Å². The summed E-state index contributed by atoms with van der Waals surface area (Å²) in [5.41, 5.74) is 1.04. The maximum Gasteiger partial charge on any atom is 0.131 e. The second-order valence-electron chi connectivity index (χ2n) is 4.34. The molecule has 0 spiro atoms. The fourth-order valence-electron chi connectivity index (χ4n) is 1.43. The third-order valence-corrected chi connectivity index (χ3v) is 2.05. The molecule has 0 saturated carbocycles. The summed E-state index contributed by atoms with van der Waals surface area (Å²) in [5, 5.41) is 3.30. The zero-order valence-corrected chi connectivity index (χ0v) is 10.2.